The molecular formula is C19H36N4O3S. The second-order valence-corrected chi connectivity index (χ2v) is 10.9. The zero-order valence-corrected chi connectivity index (χ0v) is 18.5. The smallest absolute Gasteiger partial charge is 0.227 e. The molecule has 0 bridgehead atoms. The monoisotopic (exact) mass is 400 g/mol. The van der Waals surface area contributed by atoms with Crippen molar-refractivity contribution >= 4 is 9.84 Å². The highest BCUT2D eigenvalue weighted by Crippen LogP contribution is 2.23. The Morgan fingerprint density at radius 2 is 2.07 bits per heavy atom. The van der Waals surface area contributed by atoms with E-state index < -0.39 is 9.84 Å². The Bertz CT molecular complexity index is 709. The maximum atomic E-state index is 12.9. The van der Waals surface area contributed by atoms with Gasteiger partial charge in [0.2, 0.25) is 15.0 Å². The molecule has 0 aliphatic carbocycles. The van der Waals surface area contributed by atoms with E-state index in [0.717, 1.165) is 18.8 Å². The fourth-order valence-corrected chi connectivity index (χ4v) is 5.76. The van der Waals surface area contributed by atoms with Gasteiger partial charge in [-0.05, 0) is 38.9 Å². The minimum Gasteiger partial charge on any atom is -0.383 e. The number of hydrogen-bond acceptors (Lipinski definition) is 6. The SMILES string of the molecule is COCCn1c(CN(C)CC2CCCN2C)cnc1S(=O)(=O)CC(C)(C)C. The van der Waals surface area contributed by atoms with Gasteiger partial charge >= 0.3 is 0 Å². The molecule has 0 aromatic carbocycles. The first kappa shape index (κ1) is 22.3. The summed E-state index contributed by atoms with van der Waals surface area (Å²) in [5.41, 5.74) is 0.601. The number of ether oxygens (including phenoxy) is 1. The van der Waals surface area contributed by atoms with E-state index in [1.165, 1.54) is 12.8 Å². The Hall–Kier alpha value is -0.960. The molecule has 1 fully saturated rings. The zero-order valence-electron chi connectivity index (χ0n) is 17.7. The molecule has 156 valence electrons. The van der Waals surface area contributed by atoms with Gasteiger partial charge in [0.25, 0.3) is 0 Å². The van der Waals surface area contributed by atoms with Gasteiger partial charge in [-0.2, -0.15) is 0 Å². The number of nitrogens with zero attached hydrogens (tertiary/aromatic N) is 4. The molecule has 2 rings (SSSR count). The summed E-state index contributed by atoms with van der Waals surface area (Å²) in [6.45, 7) is 9.53. The summed E-state index contributed by atoms with van der Waals surface area (Å²) in [6.07, 6.45) is 4.17. The van der Waals surface area contributed by atoms with Crippen LogP contribution in [0.15, 0.2) is 11.4 Å². The van der Waals surface area contributed by atoms with Crippen molar-refractivity contribution in [1.29, 1.82) is 0 Å². The van der Waals surface area contributed by atoms with Crippen molar-refractivity contribution in [2.45, 2.75) is 57.9 Å². The minimum atomic E-state index is -3.46. The Kier molecular flexibility index (Phi) is 7.47. The molecule has 8 heteroatoms. The first-order valence-corrected chi connectivity index (χ1v) is 11.3. The van der Waals surface area contributed by atoms with Gasteiger partial charge in [-0.15, -0.1) is 0 Å². The van der Waals surface area contributed by atoms with Gasteiger partial charge in [-0.25, -0.2) is 13.4 Å². The lowest BCUT2D eigenvalue weighted by Gasteiger charge is -2.26. The molecule has 27 heavy (non-hydrogen) atoms. The van der Waals surface area contributed by atoms with Crippen molar-refractivity contribution in [1.82, 2.24) is 19.4 Å². The van der Waals surface area contributed by atoms with Crippen LogP contribution in [0.5, 0.6) is 0 Å². The van der Waals surface area contributed by atoms with Gasteiger partial charge in [-0.1, -0.05) is 20.8 Å². The predicted octanol–water partition coefficient (Wildman–Crippen LogP) is 1.88. The normalized spacial score (nSPS) is 19.3. The van der Waals surface area contributed by atoms with E-state index in [4.69, 9.17) is 4.74 Å². The van der Waals surface area contributed by atoms with E-state index >= 15 is 0 Å². The maximum Gasteiger partial charge on any atom is 0.227 e. The molecule has 1 atom stereocenters. The quantitative estimate of drug-likeness (QED) is 0.630. The lowest BCUT2D eigenvalue weighted by molar-refractivity contribution is 0.179. The van der Waals surface area contributed by atoms with Gasteiger partial charge in [0, 0.05) is 32.8 Å². The second kappa shape index (κ2) is 9.03. The molecule has 1 aromatic heterocycles. The summed E-state index contributed by atoms with van der Waals surface area (Å²) in [7, 11) is 2.43. The van der Waals surface area contributed by atoms with Gasteiger partial charge in [0.05, 0.1) is 24.3 Å². The van der Waals surface area contributed by atoms with Crippen LogP contribution >= 0.6 is 0 Å². The first-order valence-electron chi connectivity index (χ1n) is 9.68. The van der Waals surface area contributed by atoms with E-state index in [1.807, 2.05) is 25.3 Å². The summed E-state index contributed by atoms with van der Waals surface area (Å²) >= 11 is 0. The van der Waals surface area contributed by atoms with Gasteiger partial charge in [0.1, 0.15) is 0 Å². The molecule has 1 aliphatic heterocycles. The van der Waals surface area contributed by atoms with E-state index in [2.05, 4.69) is 28.9 Å². The van der Waals surface area contributed by atoms with Crippen LogP contribution in [0.2, 0.25) is 0 Å². The summed E-state index contributed by atoms with van der Waals surface area (Å²) in [5.74, 6) is 0.0755. The molecule has 0 N–H and O–H groups in total. The van der Waals surface area contributed by atoms with E-state index in [0.29, 0.717) is 25.7 Å². The number of aromatic nitrogens is 2. The number of hydrogen-bond donors (Lipinski definition) is 0. The molecule has 2 heterocycles. The van der Waals surface area contributed by atoms with Crippen LogP contribution in [-0.2, 0) is 27.7 Å². The third-order valence-electron chi connectivity index (χ3n) is 4.95. The van der Waals surface area contributed by atoms with Crippen LogP contribution in [0.3, 0.4) is 0 Å². The number of rotatable bonds is 9. The molecule has 1 aromatic rings. The second-order valence-electron chi connectivity index (χ2n) is 8.97. The Labute approximate surface area is 164 Å². The first-order chi connectivity index (χ1) is 12.5. The Balaban J connectivity index is 2.19. The highest BCUT2D eigenvalue weighted by molar-refractivity contribution is 7.91. The maximum absolute atomic E-state index is 12.9. The standard InChI is InChI=1S/C19H36N4O3S/c1-19(2,3)15-27(24,25)18-20-12-17(23(18)10-11-26-6)14-21(4)13-16-8-7-9-22(16)5/h12,16H,7-11,13-15H2,1-6H3. The van der Waals surface area contributed by atoms with Crippen LogP contribution in [0.4, 0.5) is 0 Å². The predicted molar refractivity (Wildman–Crippen MR) is 108 cm³/mol. The van der Waals surface area contributed by atoms with E-state index in [9.17, 15) is 8.42 Å². The zero-order chi connectivity index (χ0) is 20.2. The third kappa shape index (κ3) is 6.27. The lowest BCUT2D eigenvalue weighted by Crippen LogP contribution is -2.36. The molecule has 0 radical (unpaired) electrons. The summed E-state index contributed by atoms with van der Waals surface area (Å²) in [6, 6.07) is 0.564. The topological polar surface area (TPSA) is 67.7 Å². The summed E-state index contributed by atoms with van der Waals surface area (Å²) in [5, 5.41) is 0.163. The van der Waals surface area contributed by atoms with Crippen molar-refractivity contribution in [3.63, 3.8) is 0 Å². The number of imidazole rings is 1. The van der Waals surface area contributed by atoms with Crippen LogP contribution < -0.4 is 0 Å². The van der Waals surface area contributed by atoms with Crippen molar-refractivity contribution in [3.8, 4) is 0 Å². The molecule has 1 aliphatic rings. The van der Waals surface area contributed by atoms with Crippen molar-refractivity contribution in [3.05, 3.63) is 11.9 Å². The summed E-state index contributed by atoms with van der Waals surface area (Å²) < 4.78 is 32.8. The van der Waals surface area contributed by atoms with E-state index in [-0.39, 0.29) is 16.3 Å². The number of likely N-dealkylation sites (N-methyl/N-ethyl adjacent to an activating group) is 2. The van der Waals surface area contributed by atoms with Gasteiger partial charge < -0.3 is 14.2 Å². The summed E-state index contributed by atoms with van der Waals surface area (Å²) in [4.78, 5) is 8.96. The molecule has 0 saturated carbocycles. The number of sulfone groups is 1. The van der Waals surface area contributed by atoms with Crippen molar-refractivity contribution in [2.24, 2.45) is 5.41 Å². The highest BCUT2D eigenvalue weighted by Gasteiger charge is 2.29. The Morgan fingerprint density at radius 3 is 2.63 bits per heavy atom. The molecular weight excluding hydrogens is 364 g/mol. The van der Waals surface area contributed by atoms with Crippen molar-refractivity contribution < 1.29 is 13.2 Å². The average molecular weight is 401 g/mol. The van der Waals surface area contributed by atoms with Gasteiger partial charge in [0.15, 0.2) is 0 Å². The van der Waals surface area contributed by atoms with Crippen molar-refractivity contribution in [2.75, 3.05) is 46.7 Å². The van der Waals surface area contributed by atoms with Crippen LogP contribution in [0.1, 0.15) is 39.3 Å². The fourth-order valence-electron chi connectivity index (χ4n) is 3.73. The molecule has 0 amide bonds. The minimum absolute atomic E-state index is 0.0755. The third-order valence-corrected chi connectivity index (χ3v) is 7.08. The van der Waals surface area contributed by atoms with Crippen LogP contribution in [-0.4, -0.2) is 80.5 Å². The molecule has 1 saturated heterocycles. The largest absolute Gasteiger partial charge is 0.383 e. The van der Waals surface area contributed by atoms with Crippen LogP contribution in [0.25, 0.3) is 0 Å². The number of methoxy groups -OCH3 is 1. The van der Waals surface area contributed by atoms with Crippen LogP contribution in [0, 0.1) is 5.41 Å². The van der Waals surface area contributed by atoms with E-state index in [1.54, 1.807) is 13.3 Å². The van der Waals surface area contributed by atoms with Gasteiger partial charge in [-0.3, -0.25) is 4.90 Å². The fraction of sp³-hybridized carbons (Fsp3) is 0.842. The molecule has 0 spiro atoms. The lowest BCUT2D eigenvalue weighted by atomic mass is 10.0. The number of likely N-dealkylation sites (tertiary alicyclic amines) is 1. The highest BCUT2D eigenvalue weighted by atomic mass is 32.2. The molecule has 7 nitrogen and oxygen atoms in total. The average Bonchev–Trinajstić information content (AvgIpc) is 3.10. The Morgan fingerprint density at radius 1 is 1.37 bits per heavy atom. The molecule has 1 unspecified atom stereocenters.